The summed E-state index contributed by atoms with van der Waals surface area (Å²) in [6.45, 7) is 1.97. The molecule has 0 bridgehead atoms. The molecule has 4 nitrogen and oxygen atoms in total. The van der Waals surface area contributed by atoms with Crippen molar-refractivity contribution < 1.29 is 5.11 Å². The molecule has 0 saturated heterocycles. The Balaban J connectivity index is 2.69. The van der Waals surface area contributed by atoms with Crippen molar-refractivity contribution in [2.75, 3.05) is 5.73 Å². The van der Waals surface area contributed by atoms with Crippen LogP contribution < -0.4 is 11.3 Å². The van der Waals surface area contributed by atoms with Gasteiger partial charge in [0.2, 0.25) is 0 Å². The summed E-state index contributed by atoms with van der Waals surface area (Å²) >= 11 is 0. The van der Waals surface area contributed by atoms with Crippen LogP contribution in [-0.2, 0) is 6.42 Å². The van der Waals surface area contributed by atoms with Crippen LogP contribution in [0.2, 0.25) is 0 Å². The standard InChI is InChI=1S/C13H14N2O2/c1-2-9-5-8-12(14)13(17)15(9)10-3-6-11(16)7-4-10/h3-8,16H,2,14H2,1H3. The van der Waals surface area contributed by atoms with Gasteiger partial charge >= 0.3 is 0 Å². The first-order valence-electron chi connectivity index (χ1n) is 5.43. The molecule has 0 amide bonds. The molecule has 1 heterocycles. The van der Waals surface area contributed by atoms with Crippen molar-refractivity contribution in [3.63, 3.8) is 0 Å². The van der Waals surface area contributed by atoms with E-state index in [9.17, 15) is 9.90 Å². The zero-order valence-electron chi connectivity index (χ0n) is 9.55. The minimum Gasteiger partial charge on any atom is -0.508 e. The van der Waals surface area contributed by atoms with Crippen LogP contribution in [0, 0.1) is 0 Å². The number of pyridine rings is 1. The van der Waals surface area contributed by atoms with E-state index in [-0.39, 0.29) is 17.0 Å². The smallest absolute Gasteiger partial charge is 0.278 e. The molecule has 2 aromatic rings. The predicted molar refractivity (Wildman–Crippen MR) is 67.5 cm³/mol. The van der Waals surface area contributed by atoms with Crippen LogP contribution in [0.15, 0.2) is 41.2 Å². The summed E-state index contributed by atoms with van der Waals surface area (Å²) in [5.41, 5.74) is 7.21. The van der Waals surface area contributed by atoms with Gasteiger partial charge < -0.3 is 10.8 Å². The van der Waals surface area contributed by atoms with Crippen LogP contribution in [0.25, 0.3) is 5.69 Å². The molecule has 1 aromatic heterocycles. The van der Waals surface area contributed by atoms with E-state index in [1.54, 1.807) is 34.9 Å². The fraction of sp³-hybridized carbons (Fsp3) is 0.154. The van der Waals surface area contributed by atoms with Gasteiger partial charge in [0.15, 0.2) is 0 Å². The van der Waals surface area contributed by atoms with Crippen LogP contribution in [0.3, 0.4) is 0 Å². The quantitative estimate of drug-likeness (QED) is 0.824. The van der Waals surface area contributed by atoms with Crippen molar-refractivity contribution in [2.24, 2.45) is 0 Å². The third-order valence-corrected chi connectivity index (χ3v) is 2.66. The fourth-order valence-electron chi connectivity index (χ4n) is 1.75. The molecule has 0 radical (unpaired) electrons. The summed E-state index contributed by atoms with van der Waals surface area (Å²) in [5, 5.41) is 9.24. The fourth-order valence-corrected chi connectivity index (χ4v) is 1.75. The minimum absolute atomic E-state index is 0.170. The highest BCUT2D eigenvalue weighted by atomic mass is 16.3. The molecule has 88 valence electrons. The van der Waals surface area contributed by atoms with Crippen LogP contribution >= 0.6 is 0 Å². The van der Waals surface area contributed by atoms with Gasteiger partial charge in [0, 0.05) is 11.4 Å². The molecule has 1 aromatic carbocycles. The van der Waals surface area contributed by atoms with Crippen molar-refractivity contribution in [3.8, 4) is 11.4 Å². The number of aryl methyl sites for hydroxylation is 1. The van der Waals surface area contributed by atoms with Gasteiger partial charge in [-0.15, -0.1) is 0 Å². The SMILES string of the molecule is CCc1ccc(N)c(=O)n1-c1ccc(O)cc1. The molecule has 2 rings (SSSR count). The van der Waals surface area contributed by atoms with Crippen molar-refractivity contribution in [2.45, 2.75) is 13.3 Å². The first-order valence-corrected chi connectivity index (χ1v) is 5.43. The van der Waals surface area contributed by atoms with Crippen LogP contribution in [0.1, 0.15) is 12.6 Å². The van der Waals surface area contributed by atoms with Crippen molar-refractivity contribution in [3.05, 3.63) is 52.4 Å². The number of phenolic OH excluding ortho intramolecular Hbond substituents is 1. The Kier molecular flexibility index (Phi) is 2.87. The van der Waals surface area contributed by atoms with Gasteiger partial charge in [0.25, 0.3) is 5.56 Å². The lowest BCUT2D eigenvalue weighted by atomic mass is 10.2. The number of anilines is 1. The van der Waals surface area contributed by atoms with Crippen molar-refractivity contribution in [1.82, 2.24) is 4.57 Å². The molecule has 0 atom stereocenters. The molecule has 0 aliphatic carbocycles. The molecular formula is C13H14N2O2. The van der Waals surface area contributed by atoms with Crippen LogP contribution in [-0.4, -0.2) is 9.67 Å². The Bertz CT molecular complexity index is 585. The summed E-state index contributed by atoms with van der Waals surface area (Å²) in [5.74, 6) is 0.170. The maximum atomic E-state index is 12.0. The first-order chi connectivity index (χ1) is 8.13. The van der Waals surface area contributed by atoms with E-state index >= 15 is 0 Å². The third-order valence-electron chi connectivity index (χ3n) is 2.66. The molecule has 0 aliphatic rings. The molecule has 17 heavy (non-hydrogen) atoms. The third kappa shape index (κ3) is 2.01. The highest BCUT2D eigenvalue weighted by molar-refractivity contribution is 5.44. The molecule has 3 N–H and O–H groups in total. The van der Waals surface area contributed by atoms with E-state index in [0.717, 1.165) is 12.1 Å². The number of hydrogen-bond donors (Lipinski definition) is 2. The lowest BCUT2D eigenvalue weighted by Crippen LogP contribution is -2.23. The Morgan fingerprint density at radius 3 is 2.41 bits per heavy atom. The van der Waals surface area contributed by atoms with E-state index in [0.29, 0.717) is 5.69 Å². The lowest BCUT2D eigenvalue weighted by Gasteiger charge is -2.12. The van der Waals surface area contributed by atoms with Crippen LogP contribution in [0.4, 0.5) is 5.69 Å². The molecule has 4 heteroatoms. The maximum Gasteiger partial charge on any atom is 0.278 e. The van der Waals surface area contributed by atoms with Gasteiger partial charge in [0.05, 0.1) is 5.69 Å². The number of phenols is 1. The topological polar surface area (TPSA) is 68.2 Å². The highest BCUT2D eigenvalue weighted by Crippen LogP contribution is 2.15. The number of benzene rings is 1. The Morgan fingerprint density at radius 2 is 1.82 bits per heavy atom. The zero-order chi connectivity index (χ0) is 12.4. The molecule has 0 unspecified atom stereocenters. The second-order valence-corrected chi connectivity index (χ2v) is 3.79. The zero-order valence-corrected chi connectivity index (χ0v) is 9.55. The summed E-state index contributed by atoms with van der Waals surface area (Å²) in [6, 6.07) is 9.93. The number of aromatic nitrogens is 1. The molecular weight excluding hydrogens is 216 g/mol. The highest BCUT2D eigenvalue weighted by Gasteiger charge is 2.07. The number of nitrogen functional groups attached to an aromatic ring is 1. The van der Waals surface area contributed by atoms with Gasteiger partial charge in [-0.1, -0.05) is 6.92 Å². The van der Waals surface area contributed by atoms with E-state index in [4.69, 9.17) is 5.73 Å². The normalized spacial score (nSPS) is 10.4. The molecule has 0 saturated carbocycles. The second-order valence-electron chi connectivity index (χ2n) is 3.79. The predicted octanol–water partition coefficient (Wildman–Crippen LogP) is 1.69. The van der Waals surface area contributed by atoms with Crippen molar-refractivity contribution >= 4 is 5.69 Å². The number of aromatic hydroxyl groups is 1. The van der Waals surface area contributed by atoms with E-state index in [2.05, 4.69) is 0 Å². The maximum absolute atomic E-state index is 12.0. The average molecular weight is 230 g/mol. The number of nitrogens with two attached hydrogens (primary N) is 1. The Labute approximate surface area is 98.9 Å². The number of hydrogen-bond acceptors (Lipinski definition) is 3. The van der Waals surface area contributed by atoms with Crippen molar-refractivity contribution in [1.29, 1.82) is 0 Å². The van der Waals surface area contributed by atoms with Gasteiger partial charge in [-0.2, -0.15) is 0 Å². The van der Waals surface area contributed by atoms with Gasteiger partial charge in [-0.3, -0.25) is 9.36 Å². The van der Waals surface area contributed by atoms with Gasteiger partial charge in [-0.25, -0.2) is 0 Å². The minimum atomic E-state index is -0.227. The van der Waals surface area contributed by atoms with Gasteiger partial charge in [-0.05, 0) is 42.8 Å². The Morgan fingerprint density at radius 1 is 1.18 bits per heavy atom. The number of nitrogens with zero attached hydrogens (tertiary/aromatic N) is 1. The van der Waals surface area contributed by atoms with E-state index in [1.807, 2.05) is 13.0 Å². The average Bonchev–Trinajstić information content (AvgIpc) is 2.34. The Hall–Kier alpha value is -2.23. The van der Waals surface area contributed by atoms with Crippen LogP contribution in [0.5, 0.6) is 5.75 Å². The van der Waals surface area contributed by atoms with E-state index < -0.39 is 0 Å². The molecule has 0 spiro atoms. The second kappa shape index (κ2) is 4.33. The summed E-state index contributed by atoms with van der Waals surface area (Å²) in [7, 11) is 0. The van der Waals surface area contributed by atoms with E-state index in [1.165, 1.54) is 0 Å². The summed E-state index contributed by atoms with van der Waals surface area (Å²) < 4.78 is 1.56. The molecule has 0 aliphatic heterocycles. The summed E-state index contributed by atoms with van der Waals surface area (Å²) in [6.07, 6.45) is 0.733. The largest absolute Gasteiger partial charge is 0.508 e. The van der Waals surface area contributed by atoms with Gasteiger partial charge in [0.1, 0.15) is 5.75 Å². The summed E-state index contributed by atoms with van der Waals surface area (Å²) in [4.78, 5) is 12.0. The lowest BCUT2D eigenvalue weighted by molar-refractivity contribution is 0.475. The number of rotatable bonds is 2. The molecule has 0 fully saturated rings. The monoisotopic (exact) mass is 230 g/mol. The first kappa shape index (κ1) is 11.3.